The van der Waals surface area contributed by atoms with Crippen LogP contribution in [0.3, 0.4) is 0 Å². The van der Waals surface area contributed by atoms with E-state index in [2.05, 4.69) is 6.58 Å². The van der Waals surface area contributed by atoms with Crippen molar-refractivity contribution in [1.29, 1.82) is 0 Å². The summed E-state index contributed by atoms with van der Waals surface area (Å²) < 4.78 is 0. The molecule has 0 aliphatic carbocycles. The van der Waals surface area contributed by atoms with E-state index < -0.39 is 0 Å². The maximum absolute atomic E-state index is 12.2. The zero-order chi connectivity index (χ0) is 11.4. The molecule has 1 nitrogen and oxygen atoms in total. The Morgan fingerprint density at radius 1 is 0.938 bits per heavy atom. The molecule has 2 rings (SSSR count). The number of hydrogen-bond acceptors (Lipinski definition) is 1. The Morgan fingerprint density at radius 3 is 2.25 bits per heavy atom. The van der Waals surface area contributed by atoms with E-state index in [1.54, 1.807) is 6.08 Å². The number of carbonyl (C=O) groups excluding carboxylic acids is 1. The molecule has 2 aromatic rings. The Kier molecular flexibility index (Phi) is 2.97. The SMILES string of the molecule is C=Cc1ccccc1C(=O)c1ccccc1. The van der Waals surface area contributed by atoms with E-state index in [0.29, 0.717) is 11.1 Å². The molecule has 0 aliphatic rings. The van der Waals surface area contributed by atoms with Crippen molar-refractivity contribution in [2.75, 3.05) is 0 Å². The lowest BCUT2D eigenvalue weighted by molar-refractivity contribution is 0.103. The molecule has 0 atom stereocenters. The summed E-state index contributed by atoms with van der Waals surface area (Å²) in [6.45, 7) is 3.72. The lowest BCUT2D eigenvalue weighted by atomic mass is 9.98. The third-order valence-corrected chi connectivity index (χ3v) is 2.46. The van der Waals surface area contributed by atoms with Crippen LogP contribution >= 0.6 is 0 Å². The van der Waals surface area contributed by atoms with Crippen molar-refractivity contribution in [3.63, 3.8) is 0 Å². The summed E-state index contributed by atoms with van der Waals surface area (Å²) in [4.78, 5) is 12.2. The van der Waals surface area contributed by atoms with Crippen LogP contribution in [-0.4, -0.2) is 5.78 Å². The standard InChI is InChI=1S/C15H12O/c1-2-12-8-6-7-11-14(12)15(16)13-9-4-3-5-10-13/h2-11H,1H2. The fourth-order valence-corrected chi connectivity index (χ4v) is 1.63. The molecular weight excluding hydrogens is 196 g/mol. The third kappa shape index (κ3) is 1.94. The van der Waals surface area contributed by atoms with Gasteiger partial charge in [0.05, 0.1) is 0 Å². The zero-order valence-electron chi connectivity index (χ0n) is 8.89. The van der Waals surface area contributed by atoms with Crippen LogP contribution in [0.2, 0.25) is 0 Å². The predicted octanol–water partition coefficient (Wildman–Crippen LogP) is 3.56. The average molecular weight is 208 g/mol. The highest BCUT2D eigenvalue weighted by Crippen LogP contribution is 2.15. The molecule has 0 bridgehead atoms. The number of rotatable bonds is 3. The van der Waals surface area contributed by atoms with Crippen molar-refractivity contribution in [2.45, 2.75) is 0 Å². The van der Waals surface area contributed by atoms with E-state index in [9.17, 15) is 4.79 Å². The minimum Gasteiger partial charge on any atom is -0.289 e. The molecule has 0 spiro atoms. The first-order chi connectivity index (χ1) is 7.83. The van der Waals surface area contributed by atoms with Gasteiger partial charge in [-0.1, -0.05) is 67.3 Å². The van der Waals surface area contributed by atoms with E-state index in [4.69, 9.17) is 0 Å². The lowest BCUT2D eigenvalue weighted by Crippen LogP contribution is -2.02. The van der Waals surface area contributed by atoms with Crippen molar-refractivity contribution in [1.82, 2.24) is 0 Å². The second-order valence-electron chi connectivity index (χ2n) is 3.49. The summed E-state index contributed by atoms with van der Waals surface area (Å²) in [7, 11) is 0. The van der Waals surface area contributed by atoms with Gasteiger partial charge in [-0.15, -0.1) is 0 Å². The molecule has 0 aliphatic heterocycles. The first-order valence-corrected chi connectivity index (χ1v) is 5.14. The topological polar surface area (TPSA) is 17.1 Å². The summed E-state index contributed by atoms with van der Waals surface area (Å²) >= 11 is 0. The molecule has 0 unspecified atom stereocenters. The summed E-state index contributed by atoms with van der Waals surface area (Å²) in [5.74, 6) is 0.0381. The van der Waals surface area contributed by atoms with Crippen LogP contribution in [0.25, 0.3) is 6.08 Å². The van der Waals surface area contributed by atoms with Crippen LogP contribution < -0.4 is 0 Å². The molecule has 0 radical (unpaired) electrons. The Hall–Kier alpha value is -2.15. The second kappa shape index (κ2) is 4.58. The molecule has 0 N–H and O–H groups in total. The maximum atomic E-state index is 12.2. The van der Waals surface area contributed by atoms with Crippen LogP contribution in [-0.2, 0) is 0 Å². The van der Waals surface area contributed by atoms with Gasteiger partial charge in [-0.3, -0.25) is 4.79 Å². The molecule has 0 aromatic heterocycles. The van der Waals surface area contributed by atoms with Gasteiger partial charge in [0.2, 0.25) is 0 Å². The molecule has 0 amide bonds. The van der Waals surface area contributed by atoms with Gasteiger partial charge in [-0.25, -0.2) is 0 Å². The number of benzene rings is 2. The highest BCUT2D eigenvalue weighted by atomic mass is 16.1. The first-order valence-electron chi connectivity index (χ1n) is 5.14. The normalized spacial score (nSPS) is 9.75. The Morgan fingerprint density at radius 2 is 1.56 bits per heavy atom. The van der Waals surface area contributed by atoms with E-state index >= 15 is 0 Å². The summed E-state index contributed by atoms with van der Waals surface area (Å²) in [5, 5.41) is 0. The van der Waals surface area contributed by atoms with Gasteiger partial charge >= 0.3 is 0 Å². The van der Waals surface area contributed by atoms with Crippen molar-refractivity contribution >= 4 is 11.9 Å². The van der Waals surface area contributed by atoms with Gasteiger partial charge in [0.15, 0.2) is 5.78 Å². The molecule has 0 heterocycles. The summed E-state index contributed by atoms with van der Waals surface area (Å²) in [5.41, 5.74) is 2.27. The zero-order valence-corrected chi connectivity index (χ0v) is 8.89. The Balaban J connectivity index is 2.46. The van der Waals surface area contributed by atoms with Gasteiger partial charge in [0.1, 0.15) is 0 Å². The molecule has 1 heteroatoms. The largest absolute Gasteiger partial charge is 0.289 e. The fourth-order valence-electron chi connectivity index (χ4n) is 1.63. The molecule has 0 fully saturated rings. The average Bonchev–Trinajstić information content (AvgIpc) is 2.39. The monoisotopic (exact) mass is 208 g/mol. The number of hydrogen-bond donors (Lipinski definition) is 0. The summed E-state index contributed by atoms with van der Waals surface area (Å²) in [6.07, 6.45) is 1.70. The van der Waals surface area contributed by atoms with Gasteiger partial charge in [0, 0.05) is 11.1 Å². The third-order valence-electron chi connectivity index (χ3n) is 2.46. The first kappa shape index (κ1) is 10.4. The number of carbonyl (C=O) groups is 1. The predicted molar refractivity (Wildman–Crippen MR) is 66.4 cm³/mol. The van der Waals surface area contributed by atoms with E-state index in [1.165, 1.54) is 0 Å². The molecule has 0 saturated carbocycles. The van der Waals surface area contributed by atoms with Gasteiger partial charge < -0.3 is 0 Å². The number of ketones is 1. The fraction of sp³-hybridized carbons (Fsp3) is 0. The van der Waals surface area contributed by atoms with Crippen molar-refractivity contribution in [2.24, 2.45) is 0 Å². The molecule has 0 saturated heterocycles. The lowest BCUT2D eigenvalue weighted by Gasteiger charge is -2.04. The highest BCUT2D eigenvalue weighted by Gasteiger charge is 2.10. The van der Waals surface area contributed by atoms with Gasteiger partial charge in [-0.2, -0.15) is 0 Å². The second-order valence-corrected chi connectivity index (χ2v) is 3.49. The molecule has 2 aromatic carbocycles. The van der Waals surface area contributed by atoms with E-state index in [-0.39, 0.29) is 5.78 Å². The van der Waals surface area contributed by atoms with Gasteiger partial charge in [-0.05, 0) is 5.56 Å². The smallest absolute Gasteiger partial charge is 0.193 e. The molecule has 78 valence electrons. The quantitative estimate of drug-likeness (QED) is 0.705. The molecular formula is C15H12O. The maximum Gasteiger partial charge on any atom is 0.193 e. The highest BCUT2D eigenvalue weighted by molar-refractivity contribution is 6.10. The minimum absolute atomic E-state index is 0.0381. The van der Waals surface area contributed by atoms with Crippen LogP contribution in [0.1, 0.15) is 21.5 Å². The summed E-state index contributed by atoms with van der Waals surface area (Å²) in [6, 6.07) is 16.8. The van der Waals surface area contributed by atoms with Crippen LogP contribution in [0.4, 0.5) is 0 Å². The van der Waals surface area contributed by atoms with Crippen LogP contribution in [0, 0.1) is 0 Å². The minimum atomic E-state index is 0.0381. The molecule has 16 heavy (non-hydrogen) atoms. The van der Waals surface area contributed by atoms with Crippen LogP contribution in [0.5, 0.6) is 0 Å². The Labute approximate surface area is 95.1 Å². The van der Waals surface area contributed by atoms with E-state index in [1.807, 2.05) is 54.6 Å². The van der Waals surface area contributed by atoms with Crippen LogP contribution in [0.15, 0.2) is 61.2 Å². The van der Waals surface area contributed by atoms with Gasteiger partial charge in [0.25, 0.3) is 0 Å². The van der Waals surface area contributed by atoms with Crippen molar-refractivity contribution in [3.05, 3.63) is 77.9 Å². The van der Waals surface area contributed by atoms with E-state index in [0.717, 1.165) is 5.56 Å². The van der Waals surface area contributed by atoms with Crippen molar-refractivity contribution in [3.8, 4) is 0 Å². The Bertz CT molecular complexity index is 512. The van der Waals surface area contributed by atoms with Crippen molar-refractivity contribution < 1.29 is 4.79 Å².